The number of imidazole rings is 1. The first-order valence-corrected chi connectivity index (χ1v) is 11.1. The second-order valence-electron chi connectivity index (χ2n) is 7.02. The molecule has 0 aliphatic rings. The van der Waals surface area contributed by atoms with E-state index in [0.717, 1.165) is 28.2 Å². The van der Waals surface area contributed by atoms with Crippen LogP contribution < -0.4 is 5.56 Å². The van der Waals surface area contributed by atoms with Gasteiger partial charge in [0.05, 0.1) is 24.8 Å². The molecule has 0 atom stereocenters. The van der Waals surface area contributed by atoms with Crippen LogP contribution in [0.5, 0.6) is 0 Å². The minimum Gasteiger partial charge on any atom is -0.283 e. The summed E-state index contributed by atoms with van der Waals surface area (Å²) in [6, 6.07) is 24.2. The predicted octanol–water partition coefficient (Wildman–Crippen LogP) is 5.48. The lowest BCUT2D eigenvalue weighted by molar-refractivity contribution is -0.160. The van der Waals surface area contributed by atoms with Gasteiger partial charge < -0.3 is 0 Å². The van der Waals surface area contributed by atoms with E-state index in [1.165, 1.54) is 7.11 Å². The summed E-state index contributed by atoms with van der Waals surface area (Å²) in [6.45, 7) is 0. The molecule has 33 heavy (non-hydrogen) atoms. The summed E-state index contributed by atoms with van der Waals surface area (Å²) in [6.07, 6.45) is 1.62. The average molecular weight is 477 g/mol. The number of hydrogen-bond acceptors (Lipinski definition) is 6. The van der Waals surface area contributed by atoms with Gasteiger partial charge in [0.15, 0.2) is 11.2 Å². The van der Waals surface area contributed by atoms with Crippen molar-refractivity contribution in [3.63, 3.8) is 0 Å². The Labute approximate surface area is 198 Å². The van der Waals surface area contributed by atoms with Crippen molar-refractivity contribution in [3.05, 3.63) is 101 Å². The molecule has 0 saturated heterocycles. The first-order valence-electron chi connectivity index (χ1n) is 9.95. The number of halogens is 1. The maximum absolute atomic E-state index is 13.6. The summed E-state index contributed by atoms with van der Waals surface area (Å²) in [5, 5.41) is 0.579. The van der Waals surface area contributed by atoms with Crippen molar-refractivity contribution in [2.24, 2.45) is 0 Å². The van der Waals surface area contributed by atoms with Gasteiger partial charge >= 0.3 is 0 Å². The maximum Gasteiger partial charge on any atom is 0.286 e. The van der Waals surface area contributed by atoms with E-state index < -0.39 is 0 Å². The largest absolute Gasteiger partial charge is 0.286 e. The molecule has 0 bridgehead atoms. The molecule has 0 unspecified atom stereocenters. The Balaban J connectivity index is 1.74. The highest BCUT2D eigenvalue weighted by Crippen LogP contribution is 2.27. The molecule has 5 aromatic rings. The molecule has 0 spiro atoms. The topological polar surface area (TPSA) is 71.2 Å². The molecule has 5 rings (SSSR count). The van der Waals surface area contributed by atoms with Crippen LogP contribution in [-0.4, -0.2) is 26.2 Å². The molecule has 9 heteroatoms. The van der Waals surface area contributed by atoms with Crippen LogP contribution in [0.4, 0.5) is 0 Å². The van der Waals surface area contributed by atoms with Gasteiger partial charge in [-0.25, -0.2) is 14.9 Å². The van der Waals surface area contributed by atoms with Crippen molar-refractivity contribution in [2.45, 2.75) is 4.90 Å². The minimum absolute atomic E-state index is 0.270. The standard InChI is InChI=1S/C24H17ClN4O3S/c1-31-32-33-20-13-7-16(8-14-20)22-27-23-21(26-15-28(23)18-5-3-2-4-6-18)24(30)29(22)19-11-9-17(25)10-12-19/h2-15H,1H3. The number of nitrogens with zero attached hydrogens (tertiary/aromatic N) is 4. The van der Waals surface area contributed by atoms with E-state index in [1.54, 1.807) is 35.2 Å². The molecule has 0 aliphatic heterocycles. The molecule has 0 radical (unpaired) electrons. The number of hydrogen-bond donors (Lipinski definition) is 0. The third-order valence-electron chi connectivity index (χ3n) is 5.00. The molecular weight excluding hydrogens is 460 g/mol. The Hall–Kier alpha value is -3.43. The van der Waals surface area contributed by atoms with Gasteiger partial charge in [0.1, 0.15) is 12.2 Å². The quantitative estimate of drug-likeness (QED) is 0.184. The molecule has 3 aromatic carbocycles. The first kappa shape index (κ1) is 21.4. The molecule has 0 fully saturated rings. The Morgan fingerprint density at radius 2 is 1.64 bits per heavy atom. The lowest BCUT2D eigenvalue weighted by Gasteiger charge is -2.14. The first-order chi connectivity index (χ1) is 16.2. The summed E-state index contributed by atoms with van der Waals surface area (Å²) in [4.78, 5) is 28.4. The van der Waals surface area contributed by atoms with Crippen molar-refractivity contribution >= 4 is 34.8 Å². The molecule has 164 valence electrons. The van der Waals surface area contributed by atoms with Crippen LogP contribution in [-0.2, 0) is 9.22 Å². The highest BCUT2D eigenvalue weighted by molar-refractivity contribution is 7.94. The fourth-order valence-electron chi connectivity index (χ4n) is 3.49. The zero-order valence-electron chi connectivity index (χ0n) is 17.4. The van der Waals surface area contributed by atoms with E-state index in [-0.39, 0.29) is 11.1 Å². The van der Waals surface area contributed by atoms with Gasteiger partial charge in [-0.15, -0.1) is 0 Å². The van der Waals surface area contributed by atoms with Crippen molar-refractivity contribution in [1.29, 1.82) is 0 Å². The number of rotatable bonds is 6. The highest BCUT2D eigenvalue weighted by atomic mass is 35.5. The van der Waals surface area contributed by atoms with Crippen LogP contribution in [0.3, 0.4) is 0 Å². The second-order valence-corrected chi connectivity index (χ2v) is 8.23. The lowest BCUT2D eigenvalue weighted by atomic mass is 10.2. The summed E-state index contributed by atoms with van der Waals surface area (Å²) in [5.41, 5.74) is 2.75. The van der Waals surface area contributed by atoms with Crippen LogP contribution in [0.25, 0.3) is 33.9 Å². The van der Waals surface area contributed by atoms with E-state index >= 15 is 0 Å². The third-order valence-corrected chi connectivity index (χ3v) is 5.92. The van der Waals surface area contributed by atoms with Gasteiger partial charge in [0.2, 0.25) is 0 Å². The Bertz CT molecular complexity index is 1470. The molecule has 0 aliphatic carbocycles. The Kier molecular flexibility index (Phi) is 5.97. The molecule has 0 saturated carbocycles. The smallest absolute Gasteiger partial charge is 0.283 e. The second kappa shape index (κ2) is 9.21. The van der Waals surface area contributed by atoms with Crippen molar-refractivity contribution in [1.82, 2.24) is 19.1 Å². The lowest BCUT2D eigenvalue weighted by Crippen LogP contribution is -2.22. The van der Waals surface area contributed by atoms with Crippen LogP contribution in [0.15, 0.2) is 94.9 Å². The average Bonchev–Trinajstić information content (AvgIpc) is 3.29. The zero-order valence-corrected chi connectivity index (χ0v) is 19.0. The third kappa shape index (κ3) is 4.17. The molecule has 7 nitrogen and oxygen atoms in total. The van der Waals surface area contributed by atoms with Gasteiger partial charge in [-0.1, -0.05) is 41.9 Å². The van der Waals surface area contributed by atoms with E-state index in [4.69, 9.17) is 20.9 Å². The summed E-state index contributed by atoms with van der Waals surface area (Å²) >= 11 is 7.17. The van der Waals surface area contributed by atoms with Gasteiger partial charge in [0.25, 0.3) is 5.56 Å². The maximum atomic E-state index is 13.6. The van der Waals surface area contributed by atoms with Crippen molar-refractivity contribution < 1.29 is 9.22 Å². The normalized spacial score (nSPS) is 11.2. The van der Waals surface area contributed by atoms with Crippen molar-refractivity contribution in [3.8, 4) is 22.8 Å². The van der Waals surface area contributed by atoms with Crippen LogP contribution in [0, 0.1) is 0 Å². The van der Waals surface area contributed by atoms with Crippen LogP contribution >= 0.6 is 23.6 Å². The highest BCUT2D eigenvalue weighted by Gasteiger charge is 2.19. The number of para-hydroxylation sites is 1. The fourth-order valence-corrected chi connectivity index (χ4v) is 4.01. The molecule has 2 aromatic heterocycles. The number of fused-ring (bicyclic) bond motifs is 1. The Morgan fingerprint density at radius 3 is 2.33 bits per heavy atom. The van der Waals surface area contributed by atoms with Crippen molar-refractivity contribution in [2.75, 3.05) is 7.11 Å². The molecule has 2 heterocycles. The fraction of sp³-hybridized carbons (Fsp3) is 0.0417. The van der Waals surface area contributed by atoms with Crippen LogP contribution in [0.1, 0.15) is 0 Å². The van der Waals surface area contributed by atoms with E-state index in [0.29, 0.717) is 22.2 Å². The summed E-state index contributed by atoms with van der Waals surface area (Å²) in [7, 11) is 1.45. The molecule has 0 amide bonds. The van der Waals surface area contributed by atoms with Gasteiger partial charge in [0, 0.05) is 21.2 Å². The van der Waals surface area contributed by atoms with E-state index in [9.17, 15) is 4.79 Å². The van der Waals surface area contributed by atoms with Gasteiger partial charge in [-0.2, -0.15) is 4.33 Å². The number of aromatic nitrogens is 4. The van der Waals surface area contributed by atoms with Gasteiger partial charge in [-0.3, -0.25) is 13.9 Å². The SMILES string of the molecule is COOSc1ccc(-c2nc3c(ncn3-c3ccccc3)c(=O)n2-c2ccc(Cl)cc2)cc1. The van der Waals surface area contributed by atoms with Gasteiger partial charge in [-0.05, 0) is 48.5 Å². The summed E-state index contributed by atoms with van der Waals surface area (Å²) < 4.78 is 8.28. The minimum atomic E-state index is -0.270. The number of benzene rings is 3. The van der Waals surface area contributed by atoms with Crippen LogP contribution in [0.2, 0.25) is 5.02 Å². The molecule has 0 N–H and O–H groups in total. The summed E-state index contributed by atoms with van der Waals surface area (Å²) in [5.74, 6) is 0.483. The molecular formula is C24H17ClN4O3S. The predicted molar refractivity (Wildman–Crippen MR) is 129 cm³/mol. The van der Waals surface area contributed by atoms with E-state index in [2.05, 4.69) is 9.87 Å². The Morgan fingerprint density at radius 1 is 0.909 bits per heavy atom. The monoisotopic (exact) mass is 476 g/mol. The zero-order chi connectivity index (χ0) is 22.8. The van der Waals surface area contributed by atoms with E-state index in [1.807, 2.05) is 59.2 Å².